The summed E-state index contributed by atoms with van der Waals surface area (Å²) in [4.78, 5) is 42.3. The Morgan fingerprint density at radius 2 is 1.68 bits per heavy atom. The lowest BCUT2D eigenvalue weighted by Gasteiger charge is -2.63. The van der Waals surface area contributed by atoms with Gasteiger partial charge in [0.15, 0.2) is 11.6 Å². The van der Waals surface area contributed by atoms with Crippen molar-refractivity contribution in [3.05, 3.63) is 23.3 Å². The van der Waals surface area contributed by atoms with Crippen LogP contribution in [0.2, 0.25) is 0 Å². The van der Waals surface area contributed by atoms with E-state index in [4.69, 9.17) is 4.74 Å². The standard InChI is InChI=1S/C38H56N2O4/c1-26-22-33(2,3)13-15-38(26,12-10-31(42)40-17-19-44-20-18-40)16-14-35(6)24-28(41)21-30-36(7)23-27(25-39)32(43)34(4,5)29(36)9-11-37(30,35)8/h21,23,26,29H,9-20,22,24H2,1-8H3/t26?,29-,35+,36-,37+,38+/m0/s1. The first-order chi connectivity index (χ1) is 20.4. The molecule has 0 radical (unpaired) electrons. The molecule has 5 rings (SSSR count). The average Bonchev–Trinajstić information content (AvgIpc) is 2.96. The smallest absolute Gasteiger partial charge is 0.222 e. The van der Waals surface area contributed by atoms with E-state index in [0.29, 0.717) is 50.5 Å². The molecule has 3 fully saturated rings. The van der Waals surface area contributed by atoms with E-state index in [-0.39, 0.29) is 45.2 Å². The van der Waals surface area contributed by atoms with Gasteiger partial charge in [0.05, 0.1) is 18.8 Å². The van der Waals surface area contributed by atoms with Crippen molar-refractivity contribution in [2.45, 2.75) is 120 Å². The third-order valence-electron chi connectivity index (χ3n) is 13.9. The molecule has 1 saturated heterocycles. The van der Waals surface area contributed by atoms with Crippen molar-refractivity contribution in [2.75, 3.05) is 26.3 Å². The molecule has 0 aromatic rings. The minimum absolute atomic E-state index is 0.0483. The number of nitriles is 1. The van der Waals surface area contributed by atoms with Crippen LogP contribution in [0, 0.1) is 55.7 Å². The van der Waals surface area contributed by atoms with Crippen LogP contribution < -0.4 is 0 Å². The van der Waals surface area contributed by atoms with Crippen molar-refractivity contribution in [3.8, 4) is 6.07 Å². The first-order valence-corrected chi connectivity index (χ1v) is 17.2. The van der Waals surface area contributed by atoms with Crippen molar-refractivity contribution in [3.63, 3.8) is 0 Å². The van der Waals surface area contributed by atoms with E-state index in [1.807, 2.05) is 30.9 Å². The molecule has 1 heterocycles. The summed E-state index contributed by atoms with van der Waals surface area (Å²) in [7, 11) is 0. The molecule has 1 amide bonds. The van der Waals surface area contributed by atoms with Gasteiger partial charge in [-0.25, -0.2) is 0 Å². The van der Waals surface area contributed by atoms with Gasteiger partial charge >= 0.3 is 0 Å². The Bertz CT molecular complexity index is 1310. The van der Waals surface area contributed by atoms with Gasteiger partial charge in [-0.1, -0.05) is 67.0 Å². The molecular weight excluding hydrogens is 548 g/mol. The Labute approximate surface area is 266 Å². The number of allylic oxidation sites excluding steroid dienone is 4. The normalized spacial score (nSPS) is 39.8. The van der Waals surface area contributed by atoms with E-state index in [2.05, 4.69) is 47.6 Å². The number of hydrogen-bond acceptors (Lipinski definition) is 5. The summed E-state index contributed by atoms with van der Waals surface area (Å²) in [5.41, 5.74) is 0.0853. The van der Waals surface area contributed by atoms with E-state index in [0.717, 1.165) is 56.9 Å². The molecule has 4 aliphatic carbocycles. The minimum Gasteiger partial charge on any atom is -0.378 e. The van der Waals surface area contributed by atoms with E-state index < -0.39 is 10.8 Å². The highest BCUT2D eigenvalue weighted by molar-refractivity contribution is 6.04. The fourth-order valence-electron chi connectivity index (χ4n) is 10.7. The second-order valence-electron chi connectivity index (χ2n) is 17.3. The first kappa shape index (κ1) is 33.1. The van der Waals surface area contributed by atoms with Gasteiger partial charge in [0.1, 0.15) is 6.07 Å². The quantitative estimate of drug-likeness (QED) is 0.311. The molecule has 0 aromatic heterocycles. The molecule has 0 N–H and O–H groups in total. The maximum absolute atomic E-state index is 13.7. The molecule has 6 heteroatoms. The predicted octanol–water partition coefficient (Wildman–Crippen LogP) is 7.63. The SMILES string of the molecule is CC1CC(C)(C)CC[C@]1(CCC(=O)N1CCOCC1)CC[C@]1(C)CC(=O)C=C2[C@@]3(C)C=C(C#N)C(=O)C(C)(C)[C@@H]3CC[C@]21C. The topological polar surface area (TPSA) is 87.5 Å². The van der Waals surface area contributed by atoms with Crippen molar-refractivity contribution in [1.82, 2.24) is 4.90 Å². The summed E-state index contributed by atoms with van der Waals surface area (Å²) in [5.74, 6) is 0.889. The van der Waals surface area contributed by atoms with E-state index in [1.54, 1.807) is 0 Å². The van der Waals surface area contributed by atoms with Gasteiger partial charge in [0.2, 0.25) is 5.91 Å². The Morgan fingerprint density at radius 1 is 1.00 bits per heavy atom. The van der Waals surface area contributed by atoms with E-state index in [1.165, 1.54) is 0 Å². The Kier molecular flexibility index (Phi) is 8.44. The Balaban J connectivity index is 1.45. The first-order valence-electron chi connectivity index (χ1n) is 17.2. The molecule has 6 nitrogen and oxygen atoms in total. The van der Waals surface area contributed by atoms with Crippen LogP contribution in [0.3, 0.4) is 0 Å². The summed E-state index contributed by atoms with van der Waals surface area (Å²) < 4.78 is 5.49. The van der Waals surface area contributed by atoms with Crippen molar-refractivity contribution in [1.29, 1.82) is 5.26 Å². The molecule has 0 aromatic carbocycles. The third-order valence-corrected chi connectivity index (χ3v) is 13.9. The zero-order valence-corrected chi connectivity index (χ0v) is 28.7. The lowest BCUT2D eigenvalue weighted by Crippen LogP contribution is -2.58. The predicted molar refractivity (Wildman–Crippen MR) is 172 cm³/mol. The molecule has 0 spiro atoms. The maximum Gasteiger partial charge on any atom is 0.222 e. The number of rotatable bonds is 6. The third kappa shape index (κ3) is 5.33. The van der Waals surface area contributed by atoms with Gasteiger partial charge in [0.25, 0.3) is 0 Å². The highest BCUT2D eigenvalue weighted by Gasteiger charge is 2.63. The molecule has 1 aliphatic heterocycles. The molecule has 1 unspecified atom stereocenters. The lowest BCUT2D eigenvalue weighted by atomic mass is 9.40. The van der Waals surface area contributed by atoms with Crippen LogP contribution in [0.1, 0.15) is 120 Å². The molecule has 44 heavy (non-hydrogen) atoms. The minimum atomic E-state index is -0.658. The summed E-state index contributed by atoms with van der Waals surface area (Å²) >= 11 is 0. The van der Waals surface area contributed by atoms with Gasteiger partial charge in [0, 0.05) is 36.8 Å². The average molecular weight is 605 g/mol. The van der Waals surface area contributed by atoms with Crippen LogP contribution >= 0.6 is 0 Å². The number of carbonyl (C=O) groups excluding carboxylic acids is 3. The van der Waals surface area contributed by atoms with E-state index in [9.17, 15) is 19.6 Å². The Hall–Kier alpha value is -2.26. The van der Waals surface area contributed by atoms with Gasteiger partial charge in [-0.3, -0.25) is 14.4 Å². The highest BCUT2D eigenvalue weighted by Crippen LogP contribution is 2.69. The summed E-state index contributed by atoms with van der Waals surface area (Å²) in [6.07, 6.45) is 13.0. The second-order valence-corrected chi connectivity index (χ2v) is 17.3. The van der Waals surface area contributed by atoms with Crippen molar-refractivity contribution < 1.29 is 19.1 Å². The maximum atomic E-state index is 13.7. The number of hydrogen-bond donors (Lipinski definition) is 0. The molecular formula is C38H56N2O4. The largest absolute Gasteiger partial charge is 0.378 e. The van der Waals surface area contributed by atoms with Crippen LogP contribution in [-0.2, 0) is 19.1 Å². The zero-order valence-electron chi connectivity index (χ0n) is 28.7. The van der Waals surface area contributed by atoms with Crippen molar-refractivity contribution in [2.24, 2.45) is 44.3 Å². The molecule has 2 saturated carbocycles. The number of ether oxygens (including phenoxy) is 1. The van der Waals surface area contributed by atoms with Crippen LogP contribution in [-0.4, -0.2) is 48.7 Å². The molecule has 6 atom stereocenters. The Morgan fingerprint density at radius 3 is 2.32 bits per heavy atom. The van der Waals surface area contributed by atoms with Crippen LogP contribution in [0.5, 0.6) is 0 Å². The van der Waals surface area contributed by atoms with Crippen LogP contribution in [0.25, 0.3) is 0 Å². The van der Waals surface area contributed by atoms with Crippen LogP contribution in [0.4, 0.5) is 0 Å². The number of fused-ring (bicyclic) bond motifs is 3. The molecule has 5 aliphatic rings. The number of carbonyl (C=O) groups is 3. The number of morpholine rings is 1. The molecule has 242 valence electrons. The second kappa shape index (κ2) is 11.2. The zero-order chi connectivity index (χ0) is 32.3. The fraction of sp³-hybridized carbons (Fsp3) is 0.789. The molecule has 0 bridgehead atoms. The number of Topliss-reactive ketones (excluding diaryl/α,β-unsaturated/α-hetero) is 1. The summed E-state index contributed by atoms with van der Waals surface area (Å²) in [6, 6.07) is 2.20. The van der Waals surface area contributed by atoms with Gasteiger partial charge < -0.3 is 9.64 Å². The van der Waals surface area contributed by atoms with Gasteiger partial charge in [-0.2, -0.15) is 5.26 Å². The monoisotopic (exact) mass is 604 g/mol. The fourth-order valence-corrected chi connectivity index (χ4v) is 10.7. The van der Waals surface area contributed by atoms with Crippen molar-refractivity contribution >= 4 is 17.5 Å². The van der Waals surface area contributed by atoms with E-state index >= 15 is 0 Å². The highest BCUT2D eigenvalue weighted by atomic mass is 16.5. The summed E-state index contributed by atoms with van der Waals surface area (Å²) in [5, 5.41) is 9.95. The lowest BCUT2D eigenvalue weighted by molar-refractivity contribution is -0.136. The van der Waals surface area contributed by atoms with Gasteiger partial charge in [-0.15, -0.1) is 0 Å². The number of nitrogens with zero attached hydrogens (tertiary/aromatic N) is 2. The summed E-state index contributed by atoms with van der Waals surface area (Å²) in [6.45, 7) is 20.6. The van der Waals surface area contributed by atoms with Crippen LogP contribution in [0.15, 0.2) is 23.3 Å². The van der Waals surface area contributed by atoms with Gasteiger partial charge in [-0.05, 0) is 90.9 Å². The number of amides is 1. The number of ketones is 2.